The van der Waals surface area contributed by atoms with Gasteiger partial charge in [-0.25, -0.2) is 13.1 Å². The fraction of sp³-hybridized carbons (Fsp3) is 0.500. The molecule has 0 spiro atoms. The number of sulfonamides is 1. The highest BCUT2D eigenvalue weighted by Gasteiger charge is 2.32. The molecule has 0 saturated carbocycles. The first-order valence-corrected chi connectivity index (χ1v) is 7.89. The zero-order valence-corrected chi connectivity index (χ0v) is 12.4. The number of nitrogen functional groups attached to an aromatic ring is 1. The van der Waals surface area contributed by atoms with Gasteiger partial charge in [-0.2, -0.15) is 0 Å². The van der Waals surface area contributed by atoms with Gasteiger partial charge in [0.15, 0.2) is 0 Å². The minimum Gasteiger partial charge on any atom is -0.398 e. The fourth-order valence-corrected chi connectivity index (χ4v) is 3.48. The number of anilines is 1. The van der Waals surface area contributed by atoms with Crippen LogP contribution in [0.3, 0.4) is 0 Å². The van der Waals surface area contributed by atoms with Crippen LogP contribution in [0.1, 0.15) is 19.8 Å². The second-order valence-electron chi connectivity index (χ2n) is 5.21. The number of ether oxygens (including phenoxy) is 1. The Balaban J connectivity index is 2.23. The SMILES string of the molecule is CC1(CNS(=O)(=O)c2cc([N+](=O)[O-])ccc2N)CCCO1. The summed E-state index contributed by atoms with van der Waals surface area (Å²) < 4.78 is 32.4. The third-order valence-electron chi connectivity index (χ3n) is 3.43. The number of nitro groups is 1. The van der Waals surface area contributed by atoms with E-state index in [4.69, 9.17) is 10.5 Å². The van der Waals surface area contributed by atoms with Gasteiger partial charge in [-0.3, -0.25) is 10.1 Å². The van der Waals surface area contributed by atoms with Crippen LogP contribution in [-0.4, -0.2) is 32.1 Å². The molecule has 21 heavy (non-hydrogen) atoms. The third kappa shape index (κ3) is 3.49. The number of rotatable bonds is 5. The van der Waals surface area contributed by atoms with Gasteiger partial charge in [-0.05, 0) is 25.8 Å². The maximum atomic E-state index is 12.3. The highest BCUT2D eigenvalue weighted by atomic mass is 32.2. The van der Waals surface area contributed by atoms with E-state index in [1.165, 1.54) is 6.07 Å². The first-order valence-electron chi connectivity index (χ1n) is 6.41. The topological polar surface area (TPSA) is 125 Å². The van der Waals surface area contributed by atoms with E-state index in [0.717, 1.165) is 25.0 Å². The number of benzene rings is 1. The highest BCUT2D eigenvalue weighted by molar-refractivity contribution is 7.89. The van der Waals surface area contributed by atoms with Crippen LogP contribution >= 0.6 is 0 Å². The quantitative estimate of drug-likeness (QED) is 0.475. The van der Waals surface area contributed by atoms with Crippen molar-refractivity contribution in [2.24, 2.45) is 0 Å². The monoisotopic (exact) mass is 315 g/mol. The average molecular weight is 315 g/mol. The van der Waals surface area contributed by atoms with Crippen LogP contribution in [0.15, 0.2) is 23.1 Å². The van der Waals surface area contributed by atoms with E-state index in [1.54, 1.807) is 0 Å². The summed E-state index contributed by atoms with van der Waals surface area (Å²) in [5.41, 5.74) is 4.70. The molecular formula is C12H17N3O5S. The molecule has 1 unspecified atom stereocenters. The van der Waals surface area contributed by atoms with Gasteiger partial charge in [0.2, 0.25) is 10.0 Å². The Morgan fingerprint density at radius 2 is 2.24 bits per heavy atom. The van der Waals surface area contributed by atoms with Gasteiger partial charge in [-0.1, -0.05) is 0 Å². The summed E-state index contributed by atoms with van der Waals surface area (Å²) in [6.07, 6.45) is 1.62. The summed E-state index contributed by atoms with van der Waals surface area (Å²) in [5.74, 6) is 0. The molecule has 1 aliphatic rings. The van der Waals surface area contributed by atoms with E-state index < -0.39 is 20.5 Å². The zero-order chi connectivity index (χ0) is 15.7. The van der Waals surface area contributed by atoms with Crippen molar-refractivity contribution in [2.75, 3.05) is 18.9 Å². The number of hydrogen-bond acceptors (Lipinski definition) is 6. The largest absolute Gasteiger partial charge is 0.398 e. The summed E-state index contributed by atoms with van der Waals surface area (Å²) in [6, 6.07) is 3.33. The summed E-state index contributed by atoms with van der Waals surface area (Å²) in [6.45, 7) is 2.51. The second kappa shape index (κ2) is 5.58. The Morgan fingerprint density at radius 3 is 2.81 bits per heavy atom. The van der Waals surface area contributed by atoms with Crippen LogP contribution < -0.4 is 10.5 Å². The molecule has 1 aromatic carbocycles. The van der Waals surface area contributed by atoms with Crippen LogP contribution in [0.25, 0.3) is 0 Å². The van der Waals surface area contributed by atoms with Crippen molar-refractivity contribution in [3.8, 4) is 0 Å². The van der Waals surface area contributed by atoms with E-state index in [2.05, 4.69) is 4.72 Å². The molecule has 9 heteroatoms. The van der Waals surface area contributed by atoms with Crippen LogP contribution in [0.2, 0.25) is 0 Å². The van der Waals surface area contributed by atoms with Crippen molar-refractivity contribution < 1.29 is 18.1 Å². The van der Waals surface area contributed by atoms with Crippen molar-refractivity contribution in [1.29, 1.82) is 0 Å². The van der Waals surface area contributed by atoms with Gasteiger partial charge in [0.1, 0.15) is 4.90 Å². The summed E-state index contributed by atoms with van der Waals surface area (Å²) in [7, 11) is -3.93. The van der Waals surface area contributed by atoms with Crippen molar-refractivity contribution in [3.63, 3.8) is 0 Å². The van der Waals surface area contributed by atoms with E-state index in [9.17, 15) is 18.5 Å². The lowest BCUT2D eigenvalue weighted by molar-refractivity contribution is -0.385. The Bertz CT molecular complexity index is 653. The lowest BCUT2D eigenvalue weighted by atomic mass is 10.0. The van der Waals surface area contributed by atoms with Gasteiger partial charge in [0.25, 0.3) is 5.69 Å². The molecule has 2 rings (SSSR count). The molecule has 3 N–H and O–H groups in total. The predicted octanol–water partition coefficient (Wildman–Crippen LogP) is 1.02. The minimum atomic E-state index is -3.93. The van der Waals surface area contributed by atoms with Gasteiger partial charge in [-0.15, -0.1) is 0 Å². The van der Waals surface area contributed by atoms with Gasteiger partial charge >= 0.3 is 0 Å². The number of hydrogen-bond donors (Lipinski definition) is 2. The third-order valence-corrected chi connectivity index (χ3v) is 4.89. The lowest BCUT2D eigenvalue weighted by Crippen LogP contribution is -2.40. The maximum absolute atomic E-state index is 12.3. The fourth-order valence-electron chi connectivity index (χ4n) is 2.17. The Labute approximate surface area is 122 Å². The molecule has 1 heterocycles. The lowest BCUT2D eigenvalue weighted by Gasteiger charge is -2.23. The van der Waals surface area contributed by atoms with E-state index in [-0.39, 0.29) is 22.8 Å². The molecule has 0 aliphatic carbocycles. The molecule has 1 atom stereocenters. The van der Waals surface area contributed by atoms with Crippen LogP contribution in [0.5, 0.6) is 0 Å². The number of non-ortho nitro benzene ring substituents is 1. The molecule has 1 saturated heterocycles. The molecule has 116 valence electrons. The van der Waals surface area contributed by atoms with E-state index in [0.29, 0.717) is 6.61 Å². The zero-order valence-electron chi connectivity index (χ0n) is 11.5. The van der Waals surface area contributed by atoms with Crippen molar-refractivity contribution in [2.45, 2.75) is 30.3 Å². The Morgan fingerprint density at radius 1 is 1.52 bits per heavy atom. The first kappa shape index (κ1) is 15.7. The van der Waals surface area contributed by atoms with Crippen molar-refractivity contribution in [3.05, 3.63) is 28.3 Å². The molecule has 0 bridgehead atoms. The van der Waals surface area contributed by atoms with Gasteiger partial charge in [0.05, 0.1) is 16.2 Å². The van der Waals surface area contributed by atoms with Gasteiger partial charge < -0.3 is 10.5 Å². The molecule has 0 aromatic heterocycles. The van der Waals surface area contributed by atoms with Gasteiger partial charge in [0, 0.05) is 25.3 Å². The molecule has 1 aliphatic heterocycles. The number of nitrogens with two attached hydrogens (primary N) is 1. The van der Waals surface area contributed by atoms with Crippen LogP contribution in [0, 0.1) is 10.1 Å². The standard InChI is InChI=1S/C12H17N3O5S/c1-12(5-2-6-20-12)8-14-21(18,19)11-7-9(15(16)17)3-4-10(11)13/h3-4,7,14H,2,5-6,8,13H2,1H3. The highest BCUT2D eigenvalue weighted by Crippen LogP contribution is 2.27. The van der Waals surface area contributed by atoms with E-state index in [1.807, 2.05) is 6.92 Å². The molecule has 8 nitrogen and oxygen atoms in total. The number of nitro benzene ring substituents is 1. The summed E-state index contributed by atoms with van der Waals surface area (Å²) in [5, 5.41) is 10.7. The second-order valence-corrected chi connectivity index (χ2v) is 6.94. The van der Waals surface area contributed by atoms with Crippen LogP contribution in [-0.2, 0) is 14.8 Å². The number of nitrogens with zero attached hydrogens (tertiary/aromatic N) is 1. The first-order chi connectivity index (χ1) is 9.73. The average Bonchev–Trinajstić information content (AvgIpc) is 2.84. The molecule has 1 aromatic rings. The molecule has 0 amide bonds. The predicted molar refractivity (Wildman–Crippen MR) is 76.3 cm³/mol. The summed E-state index contributed by atoms with van der Waals surface area (Å²) in [4.78, 5) is 9.78. The van der Waals surface area contributed by atoms with Crippen LogP contribution in [0.4, 0.5) is 11.4 Å². The smallest absolute Gasteiger partial charge is 0.270 e. The molecule has 0 radical (unpaired) electrons. The minimum absolute atomic E-state index is 0.0365. The van der Waals surface area contributed by atoms with E-state index >= 15 is 0 Å². The normalized spacial score (nSPS) is 22.3. The van der Waals surface area contributed by atoms with Crippen molar-refractivity contribution in [1.82, 2.24) is 4.72 Å². The Hall–Kier alpha value is -1.71. The van der Waals surface area contributed by atoms with Crippen molar-refractivity contribution >= 4 is 21.4 Å². The number of nitrogens with one attached hydrogen (secondary N) is 1. The molecular weight excluding hydrogens is 298 g/mol. The maximum Gasteiger partial charge on any atom is 0.270 e. The Kier molecular flexibility index (Phi) is 4.17. The summed E-state index contributed by atoms with van der Waals surface area (Å²) >= 11 is 0. The molecule has 1 fully saturated rings.